The van der Waals surface area contributed by atoms with Crippen LogP contribution in [0.1, 0.15) is 0 Å². The van der Waals surface area contributed by atoms with E-state index < -0.39 is 0 Å². The summed E-state index contributed by atoms with van der Waals surface area (Å²) in [7, 11) is 0. The summed E-state index contributed by atoms with van der Waals surface area (Å²) in [5.74, 6) is 0. The normalized spacial score (nSPS) is 12.2. The van der Waals surface area contributed by atoms with Crippen molar-refractivity contribution in [3.63, 3.8) is 0 Å². The molecule has 0 unspecified atom stereocenters. The van der Waals surface area contributed by atoms with E-state index in [1.54, 1.807) is 0 Å². The zero-order chi connectivity index (χ0) is 24.8. The van der Waals surface area contributed by atoms with Crippen LogP contribution in [0.2, 0.25) is 0 Å². The minimum atomic E-state index is 1.23. The molecule has 0 bridgehead atoms. The maximum atomic E-state index is 2.57. The van der Waals surface area contributed by atoms with Crippen LogP contribution >= 0.6 is 11.3 Å². The van der Waals surface area contributed by atoms with Gasteiger partial charge in [-0.05, 0) is 39.7 Å². The van der Waals surface area contributed by atoms with Crippen LogP contribution in [0, 0.1) is 0 Å². The van der Waals surface area contributed by atoms with E-state index in [0.29, 0.717) is 0 Å². The zero-order valence-electron chi connectivity index (χ0n) is 20.5. The lowest BCUT2D eigenvalue weighted by atomic mass is 9.96. The predicted molar refractivity (Wildman–Crippen MR) is 166 cm³/mol. The Bertz CT molecular complexity index is 2400. The molecule has 0 saturated carbocycles. The fraction of sp³-hybridized carbons (Fsp3) is 0. The highest BCUT2D eigenvalue weighted by Crippen LogP contribution is 2.47. The summed E-state index contributed by atoms with van der Waals surface area (Å²) >= 11 is 1.89. The highest BCUT2D eigenvalue weighted by Gasteiger charge is 2.22. The Morgan fingerprint density at radius 3 is 1.82 bits per heavy atom. The number of benzene rings is 7. The number of rotatable bonds is 1. The number of thiophene rings is 1. The Labute approximate surface area is 222 Å². The van der Waals surface area contributed by atoms with Crippen molar-refractivity contribution in [3.05, 3.63) is 127 Å². The number of fused-ring (bicyclic) bond motifs is 13. The van der Waals surface area contributed by atoms with E-state index in [-0.39, 0.29) is 0 Å². The zero-order valence-corrected chi connectivity index (χ0v) is 21.3. The molecular formula is C36H21NS. The van der Waals surface area contributed by atoms with Gasteiger partial charge in [-0.3, -0.25) is 0 Å². The van der Waals surface area contributed by atoms with Gasteiger partial charge in [0.05, 0.1) is 16.7 Å². The van der Waals surface area contributed by atoms with Gasteiger partial charge in [0.25, 0.3) is 0 Å². The molecule has 0 N–H and O–H groups in total. The van der Waals surface area contributed by atoms with Crippen LogP contribution in [-0.4, -0.2) is 4.57 Å². The van der Waals surface area contributed by atoms with E-state index in [2.05, 4.69) is 132 Å². The molecule has 2 heteroatoms. The first kappa shape index (κ1) is 20.4. The quantitative estimate of drug-likeness (QED) is 0.198. The summed E-state index contributed by atoms with van der Waals surface area (Å²) in [4.78, 5) is 0. The largest absolute Gasteiger partial charge is 0.307 e. The monoisotopic (exact) mass is 499 g/mol. The molecule has 0 amide bonds. The van der Waals surface area contributed by atoms with Crippen LogP contribution in [-0.2, 0) is 0 Å². The summed E-state index contributed by atoms with van der Waals surface area (Å²) in [6.07, 6.45) is 0. The van der Waals surface area contributed by atoms with Crippen LogP contribution < -0.4 is 0 Å². The third kappa shape index (κ3) is 2.55. The van der Waals surface area contributed by atoms with E-state index >= 15 is 0 Å². The standard InChI is InChI=1S/C36H21NS/c1-2-12-23-22(10-1)11-9-18-30(23)37-35-27-16-6-4-14-25(27)24-13-3-5-15-26(24)33(35)29-20-21-32-34(36(29)37)28-17-7-8-19-31(28)38-32/h1-21H. The second-order valence-electron chi connectivity index (χ2n) is 10.1. The van der Waals surface area contributed by atoms with Crippen molar-refractivity contribution in [3.8, 4) is 5.69 Å². The van der Waals surface area contributed by atoms with Gasteiger partial charge in [-0.15, -0.1) is 11.3 Å². The number of hydrogen-bond donors (Lipinski definition) is 0. The van der Waals surface area contributed by atoms with E-state index in [1.807, 2.05) is 11.3 Å². The highest BCUT2D eigenvalue weighted by molar-refractivity contribution is 7.26. The summed E-state index contributed by atoms with van der Waals surface area (Å²) in [6, 6.07) is 46.8. The van der Waals surface area contributed by atoms with Gasteiger partial charge in [-0.25, -0.2) is 0 Å². The Kier molecular flexibility index (Phi) is 3.99. The average Bonchev–Trinajstić information content (AvgIpc) is 3.53. The van der Waals surface area contributed by atoms with E-state index in [9.17, 15) is 0 Å². The first-order chi connectivity index (χ1) is 18.9. The third-order valence-electron chi connectivity index (χ3n) is 8.15. The van der Waals surface area contributed by atoms with Crippen LogP contribution in [0.3, 0.4) is 0 Å². The van der Waals surface area contributed by atoms with Crippen molar-refractivity contribution < 1.29 is 0 Å². The molecule has 176 valence electrons. The molecule has 0 atom stereocenters. The molecule has 38 heavy (non-hydrogen) atoms. The molecule has 2 heterocycles. The van der Waals surface area contributed by atoms with Gasteiger partial charge < -0.3 is 4.57 Å². The number of aromatic nitrogens is 1. The van der Waals surface area contributed by atoms with Crippen molar-refractivity contribution in [2.75, 3.05) is 0 Å². The Morgan fingerprint density at radius 1 is 0.368 bits per heavy atom. The lowest BCUT2D eigenvalue weighted by Crippen LogP contribution is -1.96. The Balaban J connectivity index is 1.68. The molecule has 9 rings (SSSR count). The van der Waals surface area contributed by atoms with Gasteiger partial charge >= 0.3 is 0 Å². The molecule has 9 aromatic rings. The summed E-state index contributed by atoms with van der Waals surface area (Å²) in [6.45, 7) is 0. The fourth-order valence-electron chi connectivity index (χ4n) is 6.62. The van der Waals surface area contributed by atoms with Gasteiger partial charge in [0, 0.05) is 41.7 Å². The van der Waals surface area contributed by atoms with Crippen molar-refractivity contribution in [1.29, 1.82) is 0 Å². The van der Waals surface area contributed by atoms with Gasteiger partial charge in [-0.1, -0.05) is 109 Å². The predicted octanol–water partition coefficient (Wildman–Crippen LogP) is 10.6. The molecule has 7 aromatic carbocycles. The molecule has 0 aliphatic heterocycles. The molecular weight excluding hydrogens is 478 g/mol. The first-order valence-electron chi connectivity index (χ1n) is 13.0. The van der Waals surface area contributed by atoms with Gasteiger partial charge in [0.15, 0.2) is 0 Å². The average molecular weight is 500 g/mol. The second kappa shape index (κ2) is 7.44. The second-order valence-corrected chi connectivity index (χ2v) is 11.2. The van der Waals surface area contributed by atoms with Crippen LogP contribution in [0.15, 0.2) is 127 Å². The van der Waals surface area contributed by atoms with Gasteiger partial charge in [-0.2, -0.15) is 0 Å². The lowest BCUT2D eigenvalue weighted by Gasteiger charge is -2.14. The molecule has 2 aromatic heterocycles. The molecule has 1 nitrogen and oxygen atoms in total. The molecule has 0 radical (unpaired) electrons. The van der Waals surface area contributed by atoms with Crippen LogP contribution in [0.25, 0.3) is 80.0 Å². The first-order valence-corrected chi connectivity index (χ1v) is 13.9. The number of nitrogens with zero attached hydrogens (tertiary/aromatic N) is 1. The highest BCUT2D eigenvalue weighted by atomic mass is 32.1. The van der Waals surface area contributed by atoms with E-state index in [1.165, 1.54) is 80.0 Å². The maximum Gasteiger partial charge on any atom is 0.0634 e. The van der Waals surface area contributed by atoms with Gasteiger partial charge in [0.1, 0.15) is 0 Å². The van der Waals surface area contributed by atoms with Crippen molar-refractivity contribution in [1.82, 2.24) is 4.57 Å². The Morgan fingerprint density at radius 2 is 0.974 bits per heavy atom. The topological polar surface area (TPSA) is 4.93 Å². The van der Waals surface area contributed by atoms with Crippen molar-refractivity contribution >= 4 is 85.6 Å². The van der Waals surface area contributed by atoms with Gasteiger partial charge in [0.2, 0.25) is 0 Å². The molecule has 0 spiro atoms. The molecule has 0 aliphatic carbocycles. The smallest absolute Gasteiger partial charge is 0.0634 e. The van der Waals surface area contributed by atoms with E-state index in [4.69, 9.17) is 0 Å². The van der Waals surface area contributed by atoms with E-state index in [0.717, 1.165) is 0 Å². The minimum Gasteiger partial charge on any atom is -0.307 e. The van der Waals surface area contributed by atoms with Crippen molar-refractivity contribution in [2.45, 2.75) is 0 Å². The van der Waals surface area contributed by atoms with Crippen LogP contribution in [0.4, 0.5) is 0 Å². The van der Waals surface area contributed by atoms with Crippen LogP contribution in [0.5, 0.6) is 0 Å². The lowest BCUT2D eigenvalue weighted by molar-refractivity contribution is 1.21. The SMILES string of the molecule is c1ccc2c(-n3c4c(ccc5sc6ccccc6c54)c4c5ccccc5c5ccccc5c43)cccc2c1. The molecule has 0 fully saturated rings. The number of hydrogen-bond acceptors (Lipinski definition) is 1. The minimum absolute atomic E-state index is 1.23. The van der Waals surface area contributed by atoms with Crippen molar-refractivity contribution in [2.24, 2.45) is 0 Å². The molecule has 0 saturated heterocycles. The third-order valence-corrected chi connectivity index (χ3v) is 9.28. The summed E-state index contributed by atoms with van der Waals surface area (Å²) < 4.78 is 5.24. The summed E-state index contributed by atoms with van der Waals surface area (Å²) in [5, 5.41) is 13.0. The maximum absolute atomic E-state index is 2.57. The molecule has 0 aliphatic rings. The Hall–Kier alpha value is -4.66. The summed E-state index contributed by atoms with van der Waals surface area (Å²) in [5.41, 5.74) is 3.81. The fourth-order valence-corrected chi connectivity index (χ4v) is 7.72.